The summed E-state index contributed by atoms with van der Waals surface area (Å²) in [5.74, 6) is 0.882. The molecule has 46 valence electrons. The molecule has 8 heavy (non-hydrogen) atoms. The number of fused-ring (bicyclic) bond motifs is 1. The Kier molecular flexibility index (Phi) is 0.663. The van der Waals surface area contributed by atoms with Crippen molar-refractivity contribution < 1.29 is 4.74 Å². The molecule has 2 saturated heterocycles. The van der Waals surface area contributed by atoms with Gasteiger partial charge in [-0.3, -0.25) is 0 Å². The van der Waals surface area contributed by atoms with E-state index in [0.717, 1.165) is 5.92 Å². The van der Waals surface area contributed by atoms with Crippen molar-refractivity contribution in [1.82, 2.24) is 0 Å². The fraction of sp³-hybridized carbons (Fsp3) is 1.00. The zero-order chi connectivity index (χ0) is 5.78. The van der Waals surface area contributed by atoms with Gasteiger partial charge in [-0.15, -0.1) is 0 Å². The van der Waals surface area contributed by atoms with Crippen LogP contribution in [0, 0.1) is 5.92 Å². The first-order valence-corrected chi connectivity index (χ1v) is 3.36. The van der Waals surface area contributed by atoms with E-state index in [1.54, 1.807) is 0 Å². The second-order valence-electron chi connectivity index (χ2n) is 3.51. The smallest absolute Gasteiger partial charge is 0.0660 e. The molecule has 1 aliphatic carbocycles. The molecule has 3 aliphatic rings. The van der Waals surface area contributed by atoms with Gasteiger partial charge in [0.15, 0.2) is 0 Å². The summed E-state index contributed by atoms with van der Waals surface area (Å²) in [5, 5.41) is 0. The molecular weight excluding hydrogens is 100 g/mol. The standard InChI is InChI=1S/C7H12O/c1-7(2)5-3-6(4-5)8-7/h5-6H,3-4H2,1-2H3. The summed E-state index contributed by atoms with van der Waals surface area (Å²) in [6, 6.07) is 0. The zero-order valence-electron chi connectivity index (χ0n) is 5.48. The van der Waals surface area contributed by atoms with Gasteiger partial charge in [-0.1, -0.05) is 0 Å². The van der Waals surface area contributed by atoms with Crippen molar-refractivity contribution in [2.45, 2.75) is 38.4 Å². The third-order valence-corrected chi connectivity index (χ3v) is 2.55. The van der Waals surface area contributed by atoms with E-state index in [2.05, 4.69) is 13.8 Å². The molecule has 1 nitrogen and oxygen atoms in total. The molecule has 0 aromatic carbocycles. The van der Waals surface area contributed by atoms with Crippen molar-refractivity contribution in [2.75, 3.05) is 0 Å². The second-order valence-corrected chi connectivity index (χ2v) is 3.51. The summed E-state index contributed by atoms with van der Waals surface area (Å²) in [5.41, 5.74) is 0.227. The molecule has 2 aliphatic heterocycles. The SMILES string of the molecule is CC1(C)OC2CC1C2. The Balaban J connectivity index is 2.20. The summed E-state index contributed by atoms with van der Waals surface area (Å²) in [4.78, 5) is 0. The van der Waals surface area contributed by atoms with Crippen LogP contribution in [-0.4, -0.2) is 11.7 Å². The first kappa shape index (κ1) is 4.80. The summed E-state index contributed by atoms with van der Waals surface area (Å²) in [6.45, 7) is 4.40. The molecule has 0 unspecified atom stereocenters. The molecule has 2 bridgehead atoms. The van der Waals surface area contributed by atoms with Crippen molar-refractivity contribution >= 4 is 0 Å². The van der Waals surface area contributed by atoms with E-state index in [-0.39, 0.29) is 5.60 Å². The van der Waals surface area contributed by atoms with Gasteiger partial charge in [-0.2, -0.15) is 0 Å². The Labute approximate surface area is 50.0 Å². The van der Waals surface area contributed by atoms with Crippen LogP contribution < -0.4 is 0 Å². The summed E-state index contributed by atoms with van der Waals surface area (Å²) in [6.07, 6.45) is 3.29. The highest BCUT2D eigenvalue weighted by Crippen LogP contribution is 2.49. The van der Waals surface area contributed by atoms with Gasteiger partial charge >= 0.3 is 0 Å². The van der Waals surface area contributed by atoms with E-state index in [1.807, 2.05) is 0 Å². The van der Waals surface area contributed by atoms with E-state index in [1.165, 1.54) is 12.8 Å². The lowest BCUT2D eigenvalue weighted by Crippen LogP contribution is -2.26. The van der Waals surface area contributed by atoms with Gasteiger partial charge in [0, 0.05) is 0 Å². The normalized spacial score (nSPS) is 48.8. The van der Waals surface area contributed by atoms with Crippen molar-refractivity contribution in [3.63, 3.8) is 0 Å². The quantitative estimate of drug-likeness (QED) is 0.462. The lowest BCUT2D eigenvalue weighted by atomic mass is 9.78. The van der Waals surface area contributed by atoms with Gasteiger partial charge in [-0.05, 0) is 32.6 Å². The maximum Gasteiger partial charge on any atom is 0.0660 e. The fourth-order valence-corrected chi connectivity index (χ4v) is 1.76. The minimum Gasteiger partial charge on any atom is -0.372 e. The lowest BCUT2D eigenvalue weighted by molar-refractivity contribution is 0.0219. The minimum absolute atomic E-state index is 0.227. The average molecular weight is 112 g/mol. The maximum absolute atomic E-state index is 5.62. The van der Waals surface area contributed by atoms with Crippen LogP contribution in [0.2, 0.25) is 0 Å². The average Bonchev–Trinajstić information content (AvgIpc) is 1.82. The van der Waals surface area contributed by atoms with Gasteiger partial charge < -0.3 is 4.74 Å². The van der Waals surface area contributed by atoms with Crippen LogP contribution in [0.25, 0.3) is 0 Å². The fourth-order valence-electron chi connectivity index (χ4n) is 1.76. The molecule has 2 heterocycles. The molecular formula is C7H12O. The van der Waals surface area contributed by atoms with Gasteiger partial charge in [0.05, 0.1) is 11.7 Å². The number of ether oxygens (including phenoxy) is 1. The van der Waals surface area contributed by atoms with E-state index in [4.69, 9.17) is 4.74 Å². The summed E-state index contributed by atoms with van der Waals surface area (Å²) in [7, 11) is 0. The molecule has 0 spiro atoms. The highest BCUT2D eigenvalue weighted by molar-refractivity contribution is 4.99. The Morgan fingerprint density at radius 2 is 2.00 bits per heavy atom. The second kappa shape index (κ2) is 1.10. The molecule has 0 aromatic heterocycles. The Morgan fingerprint density at radius 3 is 2.12 bits per heavy atom. The molecule has 1 saturated carbocycles. The molecule has 3 fully saturated rings. The monoisotopic (exact) mass is 112 g/mol. The lowest BCUT2D eigenvalue weighted by Gasteiger charge is -2.23. The van der Waals surface area contributed by atoms with Crippen LogP contribution >= 0.6 is 0 Å². The molecule has 0 radical (unpaired) electrons. The maximum atomic E-state index is 5.62. The van der Waals surface area contributed by atoms with Crippen molar-refractivity contribution in [2.24, 2.45) is 5.92 Å². The van der Waals surface area contributed by atoms with Gasteiger partial charge in [0.25, 0.3) is 0 Å². The Morgan fingerprint density at radius 1 is 1.38 bits per heavy atom. The first-order valence-electron chi connectivity index (χ1n) is 3.36. The number of rotatable bonds is 0. The highest BCUT2D eigenvalue weighted by atomic mass is 16.5. The van der Waals surface area contributed by atoms with Crippen LogP contribution in [0.15, 0.2) is 0 Å². The minimum atomic E-state index is 0.227. The summed E-state index contributed by atoms with van der Waals surface area (Å²) < 4.78 is 5.62. The van der Waals surface area contributed by atoms with Crippen molar-refractivity contribution in [3.05, 3.63) is 0 Å². The van der Waals surface area contributed by atoms with Gasteiger partial charge in [0.1, 0.15) is 0 Å². The van der Waals surface area contributed by atoms with Crippen molar-refractivity contribution in [1.29, 1.82) is 0 Å². The van der Waals surface area contributed by atoms with E-state index < -0.39 is 0 Å². The molecule has 0 aromatic rings. The highest BCUT2D eigenvalue weighted by Gasteiger charge is 2.50. The Bertz CT molecular complexity index is 112. The van der Waals surface area contributed by atoms with Crippen LogP contribution in [0.1, 0.15) is 26.7 Å². The van der Waals surface area contributed by atoms with Crippen LogP contribution in [0.5, 0.6) is 0 Å². The molecule has 0 N–H and O–H groups in total. The van der Waals surface area contributed by atoms with Gasteiger partial charge in [-0.25, -0.2) is 0 Å². The number of hydrogen-bond donors (Lipinski definition) is 0. The van der Waals surface area contributed by atoms with E-state index in [9.17, 15) is 0 Å². The molecule has 3 rings (SSSR count). The van der Waals surface area contributed by atoms with Crippen molar-refractivity contribution in [3.8, 4) is 0 Å². The molecule has 1 heteroatoms. The van der Waals surface area contributed by atoms with E-state index in [0.29, 0.717) is 6.10 Å². The molecule has 0 atom stereocenters. The zero-order valence-corrected chi connectivity index (χ0v) is 5.48. The topological polar surface area (TPSA) is 9.23 Å². The predicted molar refractivity (Wildman–Crippen MR) is 31.7 cm³/mol. The predicted octanol–water partition coefficient (Wildman–Crippen LogP) is 1.57. The van der Waals surface area contributed by atoms with Gasteiger partial charge in [0.2, 0.25) is 0 Å². The van der Waals surface area contributed by atoms with Crippen LogP contribution in [-0.2, 0) is 4.74 Å². The molecule has 0 amide bonds. The third kappa shape index (κ3) is 0.408. The largest absolute Gasteiger partial charge is 0.372 e. The summed E-state index contributed by atoms with van der Waals surface area (Å²) >= 11 is 0. The van der Waals surface area contributed by atoms with E-state index >= 15 is 0 Å². The van der Waals surface area contributed by atoms with Crippen LogP contribution in [0.3, 0.4) is 0 Å². The first-order chi connectivity index (χ1) is 3.68. The third-order valence-electron chi connectivity index (χ3n) is 2.55. The van der Waals surface area contributed by atoms with Crippen LogP contribution in [0.4, 0.5) is 0 Å². The Hall–Kier alpha value is -0.0400. The number of hydrogen-bond acceptors (Lipinski definition) is 1.